The quantitative estimate of drug-likeness (QED) is 0.319. The van der Waals surface area contributed by atoms with E-state index in [4.69, 9.17) is 0 Å². The van der Waals surface area contributed by atoms with Crippen molar-refractivity contribution in [2.24, 2.45) is 0 Å². The van der Waals surface area contributed by atoms with Gasteiger partial charge >= 0.3 is 0 Å². The molecule has 0 atom stereocenters. The largest absolute Gasteiger partial charge is 0.228 e. The van der Waals surface area contributed by atoms with Gasteiger partial charge in [0.25, 0.3) is 0 Å². The van der Waals surface area contributed by atoms with Crippen molar-refractivity contribution >= 4 is 31.7 Å². The summed E-state index contributed by atoms with van der Waals surface area (Å²) in [5.74, 6) is 0. The van der Waals surface area contributed by atoms with E-state index in [9.17, 15) is 0 Å². The van der Waals surface area contributed by atoms with Crippen molar-refractivity contribution in [3.05, 3.63) is 91.0 Å². The van der Waals surface area contributed by atoms with Gasteiger partial charge in [0.2, 0.25) is 8.07 Å². The van der Waals surface area contributed by atoms with Gasteiger partial charge in [-0.05, 0) is 33.7 Å². The molecule has 3 aromatic rings. The average molecular weight is 399 g/mol. The summed E-state index contributed by atoms with van der Waals surface area (Å²) in [5.41, 5.74) is 8.00. The Balaban J connectivity index is 2.36. The first kappa shape index (κ1) is 20.4. The highest BCUT2D eigenvalue weighted by molar-refractivity contribution is 7.17. The molecule has 0 unspecified atom stereocenters. The highest BCUT2D eigenvalue weighted by atomic mass is 28.3. The van der Waals surface area contributed by atoms with Gasteiger partial charge in [-0.15, -0.1) is 11.1 Å². The molecule has 0 fully saturated rings. The number of benzene rings is 3. The Bertz CT molecular complexity index is 813. The van der Waals surface area contributed by atoms with Crippen molar-refractivity contribution in [3.8, 4) is 11.1 Å². The SMILES string of the molecule is CC[Si](C#C[Si](c1ccccc1)(c1ccccc1)c1ccccc1)(CC)CC. The molecule has 0 amide bonds. The van der Waals surface area contributed by atoms with Crippen LogP contribution in [-0.4, -0.2) is 16.1 Å². The van der Waals surface area contributed by atoms with Crippen molar-refractivity contribution in [2.75, 3.05) is 0 Å². The van der Waals surface area contributed by atoms with E-state index >= 15 is 0 Å². The number of hydrogen-bond donors (Lipinski definition) is 0. The molecule has 2 heteroatoms. The third kappa shape index (κ3) is 3.92. The van der Waals surface area contributed by atoms with E-state index < -0.39 is 16.1 Å². The van der Waals surface area contributed by atoms with E-state index in [-0.39, 0.29) is 0 Å². The third-order valence-corrected chi connectivity index (χ3v) is 15.2. The Morgan fingerprint density at radius 2 is 0.821 bits per heavy atom. The second kappa shape index (κ2) is 9.23. The monoisotopic (exact) mass is 398 g/mol. The second-order valence-electron chi connectivity index (χ2n) is 7.44. The molecule has 0 aliphatic heterocycles. The minimum Gasteiger partial charge on any atom is -0.137 e. The normalized spacial score (nSPS) is 11.5. The zero-order valence-corrected chi connectivity index (χ0v) is 19.3. The summed E-state index contributed by atoms with van der Waals surface area (Å²) in [7, 11) is -3.96. The molecule has 28 heavy (non-hydrogen) atoms. The van der Waals surface area contributed by atoms with Crippen molar-refractivity contribution in [1.29, 1.82) is 0 Å². The van der Waals surface area contributed by atoms with Crippen LogP contribution in [0.5, 0.6) is 0 Å². The summed E-state index contributed by atoms with van der Waals surface area (Å²) in [6, 6.07) is 36.7. The molecule has 0 aliphatic rings. The van der Waals surface area contributed by atoms with Crippen LogP contribution in [0, 0.1) is 11.1 Å². The van der Waals surface area contributed by atoms with Gasteiger partial charge in [0.05, 0.1) is 0 Å². The van der Waals surface area contributed by atoms with Gasteiger partial charge in [-0.1, -0.05) is 112 Å². The molecule has 0 bridgehead atoms. The molecule has 0 heterocycles. The molecule has 0 nitrogen and oxygen atoms in total. The molecule has 0 aromatic heterocycles. The third-order valence-electron chi connectivity index (χ3n) is 6.17. The summed E-state index contributed by atoms with van der Waals surface area (Å²) in [5, 5.41) is 4.14. The lowest BCUT2D eigenvalue weighted by Gasteiger charge is -2.29. The Kier molecular flexibility index (Phi) is 6.72. The van der Waals surface area contributed by atoms with Gasteiger partial charge in [-0.25, -0.2) is 0 Å². The second-order valence-corrected chi connectivity index (χ2v) is 15.9. The summed E-state index contributed by atoms with van der Waals surface area (Å²) in [6.07, 6.45) is 0. The maximum Gasteiger partial charge on any atom is 0.228 e. The zero-order valence-electron chi connectivity index (χ0n) is 17.3. The van der Waals surface area contributed by atoms with Crippen LogP contribution in [-0.2, 0) is 0 Å². The average Bonchev–Trinajstić information content (AvgIpc) is 2.79. The Morgan fingerprint density at radius 1 is 0.500 bits per heavy atom. The fraction of sp³-hybridized carbons (Fsp3) is 0.231. The van der Waals surface area contributed by atoms with E-state index in [1.54, 1.807) is 0 Å². The summed E-state index contributed by atoms with van der Waals surface area (Å²) in [4.78, 5) is 0. The van der Waals surface area contributed by atoms with Gasteiger partial charge in [0.15, 0.2) is 0 Å². The van der Waals surface area contributed by atoms with E-state index in [0.29, 0.717) is 0 Å². The predicted octanol–water partition coefficient (Wildman–Crippen LogP) is 4.75. The van der Waals surface area contributed by atoms with Gasteiger partial charge in [0, 0.05) is 0 Å². The summed E-state index contributed by atoms with van der Waals surface area (Å²) >= 11 is 0. The molecule has 0 spiro atoms. The van der Waals surface area contributed by atoms with Crippen LogP contribution >= 0.6 is 0 Å². The Labute approximate surface area is 172 Å². The highest BCUT2D eigenvalue weighted by Crippen LogP contribution is 2.19. The maximum atomic E-state index is 4.03. The lowest BCUT2D eigenvalue weighted by molar-refractivity contribution is 1.20. The van der Waals surface area contributed by atoms with E-state index in [2.05, 4.69) is 123 Å². The van der Waals surface area contributed by atoms with Crippen molar-refractivity contribution in [1.82, 2.24) is 0 Å². The first-order valence-electron chi connectivity index (χ1n) is 10.4. The molecular formula is C26H30Si2. The highest BCUT2D eigenvalue weighted by Gasteiger charge is 2.39. The summed E-state index contributed by atoms with van der Waals surface area (Å²) in [6.45, 7) is 7.01. The van der Waals surface area contributed by atoms with Crippen LogP contribution in [0.25, 0.3) is 0 Å². The number of hydrogen-bond acceptors (Lipinski definition) is 0. The standard InChI is InChI=1S/C26H30Si2/c1-4-27(5-2,6-3)22-23-28(24-16-10-7-11-17-24,25-18-12-8-13-19-25)26-20-14-9-15-21-26/h7-21H,4-6H2,1-3H3. The first-order valence-corrected chi connectivity index (χ1v) is 15.0. The Morgan fingerprint density at radius 3 is 1.11 bits per heavy atom. The fourth-order valence-electron chi connectivity index (χ4n) is 4.02. The van der Waals surface area contributed by atoms with Crippen molar-refractivity contribution in [2.45, 2.75) is 38.9 Å². The van der Waals surface area contributed by atoms with Crippen LogP contribution in [0.2, 0.25) is 18.1 Å². The molecule has 0 saturated heterocycles. The van der Waals surface area contributed by atoms with Crippen LogP contribution in [0.4, 0.5) is 0 Å². The smallest absolute Gasteiger partial charge is 0.137 e. The topological polar surface area (TPSA) is 0 Å². The molecule has 3 aromatic carbocycles. The summed E-state index contributed by atoms with van der Waals surface area (Å²) < 4.78 is 0. The molecule has 3 rings (SSSR count). The van der Waals surface area contributed by atoms with Gasteiger partial charge in [-0.2, -0.15) is 0 Å². The predicted molar refractivity (Wildman–Crippen MR) is 129 cm³/mol. The molecule has 0 saturated carbocycles. The minimum atomic E-state index is -2.41. The van der Waals surface area contributed by atoms with E-state index in [0.717, 1.165) is 0 Å². The minimum absolute atomic E-state index is 1.23. The fourth-order valence-corrected chi connectivity index (χ4v) is 11.4. The number of rotatable bonds is 6. The van der Waals surface area contributed by atoms with E-state index in [1.807, 2.05) is 0 Å². The van der Waals surface area contributed by atoms with Crippen LogP contribution in [0.15, 0.2) is 91.0 Å². The van der Waals surface area contributed by atoms with Crippen LogP contribution in [0.1, 0.15) is 20.8 Å². The Hall–Kier alpha value is -2.35. The van der Waals surface area contributed by atoms with Gasteiger partial charge in [-0.3, -0.25) is 0 Å². The molecule has 0 N–H and O–H groups in total. The molecule has 142 valence electrons. The molecule has 0 aliphatic carbocycles. The first-order chi connectivity index (χ1) is 13.7. The van der Waals surface area contributed by atoms with Crippen molar-refractivity contribution in [3.63, 3.8) is 0 Å². The maximum absolute atomic E-state index is 4.03. The van der Waals surface area contributed by atoms with Crippen LogP contribution < -0.4 is 15.6 Å². The van der Waals surface area contributed by atoms with Gasteiger partial charge < -0.3 is 0 Å². The van der Waals surface area contributed by atoms with Crippen molar-refractivity contribution < 1.29 is 0 Å². The van der Waals surface area contributed by atoms with Crippen LogP contribution in [0.3, 0.4) is 0 Å². The lowest BCUT2D eigenvalue weighted by atomic mass is 10.3. The lowest BCUT2D eigenvalue weighted by Crippen LogP contribution is -2.66. The zero-order chi connectivity index (χ0) is 19.9. The molecular weight excluding hydrogens is 368 g/mol. The van der Waals surface area contributed by atoms with E-state index in [1.165, 1.54) is 33.7 Å². The van der Waals surface area contributed by atoms with Gasteiger partial charge in [0.1, 0.15) is 8.07 Å². The molecule has 0 radical (unpaired) electrons.